The Morgan fingerprint density at radius 3 is 2.44 bits per heavy atom. The number of pyridine rings is 1. The Morgan fingerprint density at radius 2 is 1.85 bits per heavy atom. The van der Waals surface area contributed by atoms with E-state index in [9.17, 15) is 21.6 Å². The number of hydrogen-bond acceptors (Lipinski definition) is 4. The van der Waals surface area contributed by atoms with Crippen LogP contribution in [-0.2, 0) is 26.5 Å². The van der Waals surface area contributed by atoms with Crippen molar-refractivity contribution in [3.05, 3.63) is 70.9 Å². The zero-order chi connectivity index (χ0) is 19.7. The number of benzene rings is 1. The predicted octanol–water partition coefficient (Wildman–Crippen LogP) is 3.26. The van der Waals surface area contributed by atoms with E-state index in [1.807, 2.05) is 6.07 Å². The summed E-state index contributed by atoms with van der Waals surface area (Å²) in [6.07, 6.45) is -3.13. The zero-order valence-corrected chi connectivity index (χ0v) is 15.2. The first-order valence-corrected chi connectivity index (χ1v) is 9.51. The van der Waals surface area contributed by atoms with Crippen molar-refractivity contribution in [3.63, 3.8) is 0 Å². The fourth-order valence-electron chi connectivity index (χ4n) is 2.54. The number of ether oxygens (including phenoxy) is 1. The minimum Gasteiger partial charge on any atom is -0.361 e. The summed E-state index contributed by atoms with van der Waals surface area (Å²) in [5.74, 6) is 0. The van der Waals surface area contributed by atoms with E-state index in [-0.39, 0.29) is 18.8 Å². The summed E-state index contributed by atoms with van der Waals surface area (Å²) in [4.78, 5) is 3.62. The Morgan fingerprint density at radius 1 is 1.19 bits per heavy atom. The van der Waals surface area contributed by atoms with Gasteiger partial charge in [-0.1, -0.05) is 36.4 Å². The fourth-order valence-corrected chi connectivity index (χ4v) is 3.46. The maximum absolute atomic E-state index is 12.9. The highest BCUT2D eigenvalue weighted by atomic mass is 32.2. The van der Waals surface area contributed by atoms with Crippen LogP contribution in [0.3, 0.4) is 0 Å². The van der Waals surface area contributed by atoms with Crippen LogP contribution in [0.2, 0.25) is 0 Å². The smallest absolute Gasteiger partial charge is 0.361 e. The van der Waals surface area contributed by atoms with Crippen molar-refractivity contribution in [3.8, 4) is 0 Å². The highest BCUT2D eigenvalue weighted by Gasteiger charge is 2.50. The third-order valence-corrected chi connectivity index (χ3v) is 5.62. The minimum absolute atomic E-state index is 0.0615. The quantitative estimate of drug-likeness (QED) is 0.701. The van der Waals surface area contributed by atoms with Gasteiger partial charge < -0.3 is 4.74 Å². The van der Waals surface area contributed by atoms with Gasteiger partial charge in [-0.05, 0) is 23.8 Å². The van der Waals surface area contributed by atoms with Crippen LogP contribution in [0, 0.1) is 0 Å². The number of rotatable bonds is 6. The lowest BCUT2D eigenvalue weighted by Gasteiger charge is -2.20. The number of epoxide rings is 1. The highest BCUT2D eigenvalue weighted by Crippen LogP contribution is 2.40. The zero-order valence-electron chi connectivity index (χ0n) is 14.3. The Kier molecular flexibility index (Phi) is 5.11. The van der Waals surface area contributed by atoms with E-state index in [2.05, 4.69) is 4.98 Å². The summed E-state index contributed by atoms with van der Waals surface area (Å²) in [7, 11) is -2.43. The first kappa shape index (κ1) is 19.5. The highest BCUT2D eigenvalue weighted by molar-refractivity contribution is 7.92. The van der Waals surface area contributed by atoms with Gasteiger partial charge in [0.1, 0.15) is 11.3 Å². The SMILES string of the molecule is CN(CC1(c2cccc(C(F)(F)F)n2)CO1)S(=O)(=O)/C=C/c1ccccc1. The molecule has 0 N–H and O–H groups in total. The molecule has 1 unspecified atom stereocenters. The minimum atomic E-state index is -4.58. The number of halogens is 3. The maximum Gasteiger partial charge on any atom is 0.433 e. The number of hydrogen-bond donors (Lipinski definition) is 0. The number of likely N-dealkylation sites (N-methyl/N-ethyl adjacent to an activating group) is 1. The molecule has 2 heterocycles. The number of sulfonamides is 1. The maximum atomic E-state index is 12.9. The monoisotopic (exact) mass is 398 g/mol. The molecule has 0 amide bonds. The molecule has 1 aromatic heterocycles. The molecule has 1 aliphatic heterocycles. The van der Waals surface area contributed by atoms with Crippen LogP contribution in [0.25, 0.3) is 6.08 Å². The molecule has 1 aromatic carbocycles. The predicted molar refractivity (Wildman–Crippen MR) is 93.9 cm³/mol. The lowest BCUT2D eigenvalue weighted by Crippen LogP contribution is -2.34. The van der Waals surface area contributed by atoms with Crippen LogP contribution < -0.4 is 0 Å². The number of nitrogens with zero attached hydrogens (tertiary/aromatic N) is 2. The van der Waals surface area contributed by atoms with E-state index in [0.29, 0.717) is 5.56 Å². The molecule has 0 saturated carbocycles. The van der Waals surface area contributed by atoms with E-state index >= 15 is 0 Å². The first-order valence-electron chi connectivity index (χ1n) is 8.01. The summed E-state index contributed by atoms with van der Waals surface area (Å²) >= 11 is 0. The second kappa shape index (κ2) is 7.06. The molecule has 1 saturated heterocycles. The average molecular weight is 398 g/mol. The Hall–Kier alpha value is -2.23. The molecule has 0 aliphatic carbocycles. The molecule has 0 spiro atoms. The molecular formula is C18H17F3N2O3S. The van der Waals surface area contributed by atoms with Crippen molar-refractivity contribution in [1.29, 1.82) is 0 Å². The molecule has 144 valence electrons. The van der Waals surface area contributed by atoms with E-state index in [0.717, 1.165) is 15.8 Å². The van der Waals surface area contributed by atoms with Crippen molar-refractivity contribution >= 4 is 16.1 Å². The van der Waals surface area contributed by atoms with Gasteiger partial charge in [-0.25, -0.2) is 13.4 Å². The standard InChI is InChI=1S/C18H17F3N2O3S/c1-23(27(24,25)11-10-14-6-3-2-4-7-14)12-17(13-26-17)15-8-5-9-16(22-15)18(19,20)21/h2-11H,12-13H2,1H3/b11-10+. The van der Waals surface area contributed by atoms with E-state index in [1.165, 1.54) is 25.3 Å². The molecule has 27 heavy (non-hydrogen) atoms. The largest absolute Gasteiger partial charge is 0.433 e. The molecule has 1 atom stereocenters. The first-order chi connectivity index (χ1) is 12.6. The second-order valence-electron chi connectivity index (χ2n) is 6.20. The molecule has 5 nitrogen and oxygen atoms in total. The lowest BCUT2D eigenvalue weighted by molar-refractivity contribution is -0.141. The molecule has 9 heteroatoms. The second-order valence-corrected chi connectivity index (χ2v) is 8.13. The van der Waals surface area contributed by atoms with Crippen LogP contribution in [0.15, 0.2) is 53.9 Å². The molecular weight excluding hydrogens is 381 g/mol. The summed E-state index contributed by atoms with van der Waals surface area (Å²) in [6.45, 7) is -0.0354. The van der Waals surface area contributed by atoms with Gasteiger partial charge in [-0.2, -0.15) is 17.5 Å². The van der Waals surface area contributed by atoms with Crippen molar-refractivity contribution in [2.45, 2.75) is 11.8 Å². The average Bonchev–Trinajstić information content (AvgIpc) is 3.41. The van der Waals surface area contributed by atoms with Gasteiger partial charge in [0.05, 0.1) is 18.8 Å². The van der Waals surface area contributed by atoms with Gasteiger partial charge in [0.2, 0.25) is 10.0 Å². The summed E-state index contributed by atoms with van der Waals surface area (Å²) in [5, 5.41) is 1.05. The molecule has 1 aliphatic rings. The van der Waals surface area contributed by atoms with Gasteiger partial charge in [0, 0.05) is 12.5 Å². The summed E-state index contributed by atoms with van der Waals surface area (Å²) in [5.41, 5.74) is -1.42. The Balaban J connectivity index is 1.77. The number of aromatic nitrogens is 1. The third-order valence-electron chi connectivity index (χ3n) is 4.14. The van der Waals surface area contributed by atoms with Gasteiger partial charge in [0.15, 0.2) is 0 Å². The van der Waals surface area contributed by atoms with Gasteiger partial charge in [-0.3, -0.25) is 0 Å². The van der Waals surface area contributed by atoms with Crippen molar-refractivity contribution < 1.29 is 26.3 Å². The van der Waals surface area contributed by atoms with Crippen molar-refractivity contribution in [1.82, 2.24) is 9.29 Å². The number of alkyl halides is 3. The lowest BCUT2D eigenvalue weighted by atomic mass is 10.1. The van der Waals surface area contributed by atoms with Crippen LogP contribution in [-0.4, -0.2) is 37.9 Å². The third kappa shape index (κ3) is 4.55. The van der Waals surface area contributed by atoms with E-state index < -0.39 is 27.5 Å². The fraction of sp³-hybridized carbons (Fsp3) is 0.278. The van der Waals surface area contributed by atoms with Crippen molar-refractivity contribution in [2.24, 2.45) is 0 Å². The molecule has 1 fully saturated rings. The van der Waals surface area contributed by atoms with Crippen LogP contribution >= 0.6 is 0 Å². The van der Waals surface area contributed by atoms with E-state index in [4.69, 9.17) is 4.74 Å². The van der Waals surface area contributed by atoms with Crippen LogP contribution in [0.4, 0.5) is 13.2 Å². The van der Waals surface area contributed by atoms with Crippen LogP contribution in [0.5, 0.6) is 0 Å². The van der Waals surface area contributed by atoms with Gasteiger partial charge >= 0.3 is 6.18 Å². The summed E-state index contributed by atoms with van der Waals surface area (Å²) < 4.78 is 69.9. The molecule has 2 aromatic rings. The van der Waals surface area contributed by atoms with Gasteiger partial charge in [-0.15, -0.1) is 0 Å². The molecule has 0 radical (unpaired) electrons. The summed E-state index contributed by atoms with van der Waals surface area (Å²) in [6, 6.07) is 12.4. The normalized spacial score (nSPS) is 20.3. The van der Waals surface area contributed by atoms with E-state index in [1.54, 1.807) is 24.3 Å². The van der Waals surface area contributed by atoms with Gasteiger partial charge in [0.25, 0.3) is 0 Å². The van der Waals surface area contributed by atoms with Crippen LogP contribution in [0.1, 0.15) is 17.0 Å². The van der Waals surface area contributed by atoms with Crippen molar-refractivity contribution in [2.75, 3.05) is 20.2 Å². The Bertz CT molecular complexity index is 940. The molecule has 3 rings (SSSR count). The molecule has 0 bridgehead atoms. The Labute approximate surface area is 155 Å². The topological polar surface area (TPSA) is 62.8 Å².